The molecule has 2 N–H and O–H groups in total. The van der Waals surface area contributed by atoms with Gasteiger partial charge in [0.05, 0.1) is 17.1 Å². The Morgan fingerprint density at radius 2 is 1.76 bits per heavy atom. The molecule has 1 amide bonds. The summed E-state index contributed by atoms with van der Waals surface area (Å²) in [5, 5.41) is 10.8. The molecule has 1 heterocycles. The van der Waals surface area contributed by atoms with E-state index < -0.39 is 11.9 Å². The van der Waals surface area contributed by atoms with E-state index in [-0.39, 0.29) is 17.7 Å². The van der Waals surface area contributed by atoms with Crippen LogP contribution in [0.15, 0.2) is 54.6 Å². The highest BCUT2D eigenvalue weighted by Gasteiger charge is 2.35. The second-order valence-corrected chi connectivity index (χ2v) is 8.48. The average Bonchev–Trinajstić information content (AvgIpc) is 2.83. The third-order valence-electron chi connectivity index (χ3n) is 6.30. The minimum atomic E-state index is -4.50. The van der Waals surface area contributed by atoms with Gasteiger partial charge in [-0.25, -0.2) is 10.8 Å². The van der Waals surface area contributed by atoms with E-state index in [1.807, 2.05) is 18.2 Å². The molecule has 1 aromatic heterocycles. The summed E-state index contributed by atoms with van der Waals surface area (Å²) in [6.07, 6.45) is -1.54. The van der Waals surface area contributed by atoms with Crippen molar-refractivity contribution >= 4 is 16.8 Å². The first-order valence-corrected chi connectivity index (χ1v) is 10.8. The molecule has 0 aliphatic heterocycles. The van der Waals surface area contributed by atoms with Crippen LogP contribution in [0.5, 0.6) is 0 Å². The lowest BCUT2D eigenvalue weighted by atomic mass is 9.77. The number of nitrogens with two attached hydrogens (primary N) is 1. The van der Waals surface area contributed by atoms with Gasteiger partial charge in [-0.2, -0.15) is 18.4 Å². The molecule has 1 aliphatic rings. The number of benzene rings is 2. The van der Waals surface area contributed by atoms with Gasteiger partial charge >= 0.3 is 6.18 Å². The van der Waals surface area contributed by atoms with E-state index in [1.165, 1.54) is 11.1 Å². The summed E-state index contributed by atoms with van der Waals surface area (Å²) in [6.45, 7) is 0.371. The van der Waals surface area contributed by atoms with Crippen LogP contribution < -0.4 is 5.84 Å². The van der Waals surface area contributed by atoms with Crippen LogP contribution in [0.3, 0.4) is 0 Å². The van der Waals surface area contributed by atoms with E-state index in [1.54, 1.807) is 36.4 Å². The molecule has 8 heteroatoms. The van der Waals surface area contributed by atoms with E-state index in [9.17, 15) is 18.0 Å². The predicted molar refractivity (Wildman–Crippen MR) is 118 cm³/mol. The molecular weight excluding hydrogens is 429 g/mol. The van der Waals surface area contributed by atoms with Crippen molar-refractivity contribution in [2.75, 3.05) is 6.54 Å². The molecule has 1 saturated carbocycles. The lowest BCUT2D eigenvalue weighted by Crippen LogP contribution is -2.41. The van der Waals surface area contributed by atoms with Gasteiger partial charge in [0, 0.05) is 17.5 Å². The van der Waals surface area contributed by atoms with Crippen molar-refractivity contribution in [1.29, 1.82) is 5.26 Å². The summed E-state index contributed by atoms with van der Waals surface area (Å²) >= 11 is 0. The van der Waals surface area contributed by atoms with E-state index in [4.69, 9.17) is 11.1 Å². The molecule has 0 saturated heterocycles. The lowest BCUT2D eigenvalue weighted by Gasteiger charge is -2.32. The number of hydrogen-bond acceptors (Lipinski definition) is 4. The molecule has 5 nitrogen and oxygen atoms in total. The van der Waals surface area contributed by atoms with Crippen molar-refractivity contribution in [1.82, 2.24) is 9.99 Å². The first-order valence-electron chi connectivity index (χ1n) is 10.8. The van der Waals surface area contributed by atoms with Gasteiger partial charge < -0.3 is 0 Å². The quantitative estimate of drug-likeness (QED) is 0.326. The minimum Gasteiger partial charge on any atom is -0.276 e. The predicted octanol–water partition coefficient (Wildman–Crippen LogP) is 5.42. The third kappa shape index (κ3) is 4.99. The first kappa shape index (κ1) is 22.7. The number of hydrogen-bond donors (Lipinski definition) is 1. The molecule has 0 bridgehead atoms. The van der Waals surface area contributed by atoms with E-state index in [0.29, 0.717) is 28.8 Å². The Balaban J connectivity index is 1.44. The number of fused-ring (bicyclic) bond motifs is 1. The van der Waals surface area contributed by atoms with Gasteiger partial charge in [-0.1, -0.05) is 18.2 Å². The van der Waals surface area contributed by atoms with Gasteiger partial charge in [-0.3, -0.25) is 9.80 Å². The molecule has 0 radical (unpaired) electrons. The number of nitrogens with zero attached hydrogens (tertiary/aromatic N) is 3. The number of halogens is 3. The lowest BCUT2D eigenvalue weighted by molar-refractivity contribution is -0.141. The zero-order chi connectivity index (χ0) is 23.6. The Kier molecular flexibility index (Phi) is 6.34. The number of pyridine rings is 1. The number of aromatic nitrogens is 1. The molecule has 0 atom stereocenters. The molecule has 170 valence electrons. The summed E-state index contributed by atoms with van der Waals surface area (Å²) in [5.74, 6) is 5.87. The number of para-hydroxylation sites is 1. The highest BCUT2D eigenvalue weighted by Crippen LogP contribution is 2.40. The van der Waals surface area contributed by atoms with Crippen molar-refractivity contribution < 1.29 is 18.0 Å². The Morgan fingerprint density at radius 3 is 2.39 bits per heavy atom. The van der Waals surface area contributed by atoms with E-state index in [2.05, 4.69) is 4.98 Å². The van der Waals surface area contributed by atoms with Crippen LogP contribution in [0.2, 0.25) is 0 Å². The van der Waals surface area contributed by atoms with Gasteiger partial charge in [0.1, 0.15) is 5.69 Å². The monoisotopic (exact) mass is 452 g/mol. The number of rotatable bonds is 4. The molecule has 0 unspecified atom stereocenters. The Bertz CT molecular complexity index is 1190. The van der Waals surface area contributed by atoms with Crippen LogP contribution in [0.25, 0.3) is 10.9 Å². The highest BCUT2D eigenvalue weighted by molar-refractivity contribution is 5.93. The molecule has 1 aliphatic carbocycles. The Labute approximate surface area is 189 Å². The summed E-state index contributed by atoms with van der Waals surface area (Å²) in [4.78, 5) is 16.4. The fraction of sp³-hybridized carbons (Fsp3) is 0.320. The van der Waals surface area contributed by atoms with Crippen molar-refractivity contribution in [3.8, 4) is 6.07 Å². The van der Waals surface area contributed by atoms with Crippen LogP contribution in [0, 0.1) is 17.2 Å². The van der Waals surface area contributed by atoms with Gasteiger partial charge in [0.2, 0.25) is 0 Å². The van der Waals surface area contributed by atoms with Crippen molar-refractivity contribution in [2.24, 2.45) is 11.8 Å². The molecule has 3 aromatic rings. The maximum Gasteiger partial charge on any atom is 0.433 e. The maximum absolute atomic E-state index is 13.4. The molecule has 2 aromatic carbocycles. The standard InChI is InChI=1S/C25H23F3N4O/c26-25(27,28)23-13-21(20-3-1-2-4-22(20)31-23)18-9-7-17(8-10-18)15-32(30)24(33)19-11-5-16(14-29)6-12-19/h1-6,11-13,17-18H,7-10,15,30H2. The fourth-order valence-electron chi connectivity index (χ4n) is 4.56. The summed E-state index contributed by atoms with van der Waals surface area (Å²) < 4.78 is 40.2. The van der Waals surface area contributed by atoms with Crippen molar-refractivity contribution in [3.63, 3.8) is 0 Å². The second-order valence-electron chi connectivity index (χ2n) is 8.48. The molecule has 4 rings (SSSR count). The van der Waals surface area contributed by atoms with Crippen LogP contribution in [-0.2, 0) is 6.18 Å². The Hall–Kier alpha value is -3.44. The average molecular weight is 452 g/mol. The van der Waals surface area contributed by atoms with Crippen LogP contribution in [0.1, 0.15) is 58.8 Å². The van der Waals surface area contributed by atoms with Crippen LogP contribution >= 0.6 is 0 Å². The SMILES string of the molecule is N#Cc1ccc(C(=O)N(N)CC2CCC(c3cc(C(F)(F)F)nc4ccccc34)CC2)cc1. The fourth-order valence-corrected chi connectivity index (χ4v) is 4.56. The van der Waals surface area contributed by atoms with Gasteiger partial charge in [-0.05, 0) is 79.5 Å². The summed E-state index contributed by atoms with van der Waals surface area (Å²) in [5.41, 5.74) is 1.05. The van der Waals surface area contributed by atoms with E-state index in [0.717, 1.165) is 31.1 Å². The maximum atomic E-state index is 13.4. The number of amides is 1. The first-order chi connectivity index (χ1) is 15.8. The van der Waals surface area contributed by atoms with Crippen molar-refractivity contribution in [2.45, 2.75) is 37.8 Å². The number of carbonyl (C=O) groups excluding carboxylic acids is 1. The number of carbonyl (C=O) groups is 1. The van der Waals surface area contributed by atoms with Crippen LogP contribution in [-0.4, -0.2) is 22.4 Å². The van der Waals surface area contributed by atoms with Gasteiger partial charge in [0.15, 0.2) is 0 Å². The normalized spacial score (nSPS) is 18.6. The topological polar surface area (TPSA) is 83.0 Å². The van der Waals surface area contributed by atoms with Crippen LogP contribution in [0.4, 0.5) is 13.2 Å². The minimum absolute atomic E-state index is 0.00398. The second kappa shape index (κ2) is 9.20. The number of alkyl halides is 3. The molecule has 1 fully saturated rings. The zero-order valence-corrected chi connectivity index (χ0v) is 17.8. The number of hydrazine groups is 1. The Morgan fingerprint density at radius 1 is 1.09 bits per heavy atom. The molecule has 33 heavy (non-hydrogen) atoms. The van der Waals surface area contributed by atoms with Gasteiger partial charge in [0.25, 0.3) is 5.91 Å². The zero-order valence-electron chi connectivity index (χ0n) is 17.8. The molecular formula is C25H23F3N4O. The van der Waals surface area contributed by atoms with Crippen molar-refractivity contribution in [3.05, 3.63) is 77.0 Å². The summed E-state index contributed by atoms with van der Waals surface area (Å²) in [6, 6.07) is 16.4. The molecule has 0 spiro atoms. The summed E-state index contributed by atoms with van der Waals surface area (Å²) in [7, 11) is 0. The van der Waals surface area contributed by atoms with E-state index >= 15 is 0 Å². The number of nitriles is 1. The highest BCUT2D eigenvalue weighted by atomic mass is 19.4. The smallest absolute Gasteiger partial charge is 0.276 e. The largest absolute Gasteiger partial charge is 0.433 e. The van der Waals surface area contributed by atoms with Gasteiger partial charge in [-0.15, -0.1) is 0 Å². The third-order valence-corrected chi connectivity index (χ3v) is 6.30.